The minimum absolute atomic E-state index is 0.222. The van der Waals surface area contributed by atoms with Crippen molar-refractivity contribution in [2.75, 3.05) is 0 Å². The number of rotatable bonds is 4. The Morgan fingerprint density at radius 2 is 2.12 bits per heavy atom. The van der Waals surface area contributed by atoms with Gasteiger partial charge in [0.25, 0.3) is 0 Å². The fraction of sp³-hybridized carbons (Fsp3) is 0.417. The molecule has 88 valence electrons. The molecule has 0 saturated carbocycles. The maximum atomic E-state index is 5.93. The Kier molecular flexibility index (Phi) is 4.33. The predicted octanol–water partition coefficient (Wildman–Crippen LogP) is 3.65. The summed E-state index contributed by atoms with van der Waals surface area (Å²) in [5.41, 5.74) is 6.22. The van der Waals surface area contributed by atoms with Crippen LogP contribution in [0.5, 0.6) is 5.75 Å². The Bertz CT molecular complexity index is 404. The Labute approximate surface area is 110 Å². The summed E-state index contributed by atoms with van der Waals surface area (Å²) >= 11 is 8.41. The molecular weight excluding hydrogens is 286 g/mol. The van der Waals surface area contributed by atoms with Gasteiger partial charge >= 0.3 is 0 Å². The van der Waals surface area contributed by atoms with Gasteiger partial charge in [-0.1, -0.05) is 35.1 Å². The van der Waals surface area contributed by atoms with E-state index < -0.39 is 0 Å². The van der Waals surface area contributed by atoms with E-state index in [9.17, 15) is 0 Å². The molecular formula is C12H16BrNOS. The van der Waals surface area contributed by atoms with Crippen molar-refractivity contribution in [2.45, 2.75) is 32.8 Å². The summed E-state index contributed by atoms with van der Waals surface area (Å²) in [6.45, 7) is 6.16. The molecule has 0 bridgehead atoms. The molecule has 0 radical (unpaired) electrons. The SMILES string of the molecule is CCC(C)(C)Oc1cc(Br)ccc1C(N)=S. The van der Waals surface area contributed by atoms with Gasteiger partial charge in [0.05, 0.1) is 5.56 Å². The number of hydrogen-bond acceptors (Lipinski definition) is 2. The third kappa shape index (κ3) is 3.46. The van der Waals surface area contributed by atoms with Crippen LogP contribution in [0.2, 0.25) is 0 Å². The van der Waals surface area contributed by atoms with Gasteiger partial charge in [-0.3, -0.25) is 0 Å². The molecule has 2 nitrogen and oxygen atoms in total. The quantitative estimate of drug-likeness (QED) is 0.862. The Morgan fingerprint density at radius 1 is 1.50 bits per heavy atom. The van der Waals surface area contributed by atoms with Crippen LogP contribution in [-0.2, 0) is 0 Å². The van der Waals surface area contributed by atoms with E-state index in [-0.39, 0.29) is 5.60 Å². The predicted molar refractivity (Wildman–Crippen MR) is 75.0 cm³/mol. The number of halogens is 1. The summed E-state index contributed by atoms with van der Waals surface area (Å²) in [5, 5.41) is 0. The fourth-order valence-electron chi connectivity index (χ4n) is 1.15. The lowest BCUT2D eigenvalue weighted by Crippen LogP contribution is -2.28. The number of benzene rings is 1. The molecule has 0 aliphatic heterocycles. The van der Waals surface area contributed by atoms with E-state index in [1.54, 1.807) is 0 Å². The van der Waals surface area contributed by atoms with Gasteiger partial charge in [0.2, 0.25) is 0 Å². The highest BCUT2D eigenvalue weighted by atomic mass is 79.9. The molecule has 0 amide bonds. The summed E-state index contributed by atoms with van der Waals surface area (Å²) in [4.78, 5) is 0.356. The first-order valence-electron chi connectivity index (χ1n) is 5.14. The largest absolute Gasteiger partial charge is 0.487 e. The molecule has 0 heterocycles. The van der Waals surface area contributed by atoms with Gasteiger partial charge in [-0.25, -0.2) is 0 Å². The molecule has 0 atom stereocenters. The molecule has 0 aliphatic carbocycles. The summed E-state index contributed by atoms with van der Waals surface area (Å²) in [6, 6.07) is 5.67. The lowest BCUT2D eigenvalue weighted by Gasteiger charge is -2.26. The molecule has 0 saturated heterocycles. The van der Waals surface area contributed by atoms with Crippen molar-refractivity contribution in [1.82, 2.24) is 0 Å². The second-order valence-electron chi connectivity index (χ2n) is 4.22. The number of nitrogens with two attached hydrogens (primary N) is 1. The average molecular weight is 302 g/mol. The first-order valence-corrected chi connectivity index (χ1v) is 6.34. The van der Waals surface area contributed by atoms with Crippen molar-refractivity contribution in [3.63, 3.8) is 0 Å². The second kappa shape index (κ2) is 5.15. The molecule has 1 aromatic carbocycles. The van der Waals surface area contributed by atoms with Crippen LogP contribution in [0.1, 0.15) is 32.8 Å². The van der Waals surface area contributed by atoms with Gasteiger partial charge in [-0.05, 0) is 38.5 Å². The van der Waals surface area contributed by atoms with Crippen LogP contribution < -0.4 is 10.5 Å². The average Bonchev–Trinajstić information content (AvgIpc) is 2.16. The van der Waals surface area contributed by atoms with Crippen LogP contribution in [0, 0.1) is 0 Å². The van der Waals surface area contributed by atoms with Crippen molar-refractivity contribution in [1.29, 1.82) is 0 Å². The van der Waals surface area contributed by atoms with Crippen molar-refractivity contribution >= 4 is 33.1 Å². The van der Waals surface area contributed by atoms with Gasteiger partial charge in [-0.2, -0.15) is 0 Å². The molecule has 16 heavy (non-hydrogen) atoms. The summed E-state index contributed by atoms with van der Waals surface area (Å²) < 4.78 is 6.88. The molecule has 1 aromatic rings. The molecule has 0 fully saturated rings. The Morgan fingerprint density at radius 3 is 2.62 bits per heavy atom. The molecule has 0 unspecified atom stereocenters. The van der Waals surface area contributed by atoms with Crippen molar-refractivity contribution < 1.29 is 4.74 Å². The number of ether oxygens (including phenoxy) is 1. The summed E-state index contributed by atoms with van der Waals surface area (Å²) in [7, 11) is 0. The normalized spacial score (nSPS) is 11.2. The van der Waals surface area contributed by atoms with E-state index in [1.807, 2.05) is 32.0 Å². The van der Waals surface area contributed by atoms with Gasteiger partial charge < -0.3 is 10.5 Å². The summed E-state index contributed by atoms with van der Waals surface area (Å²) in [6.07, 6.45) is 0.913. The molecule has 4 heteroatoms. The van der Waals surface area contributed by atoms with E-state index >= 15 is 0 Å². The first kappa shape index (κ1) is 13.5. The highest BCUT2D eigenvalue weighted by Gasteiger charge is 2.19. The molecule has 0 spiro atoms. The lowest BCUT2D eigenvalue weighted by molar-refractivity contribution is 0.105. The maximum Gasteiger partial charge on any atom is 0.131 e. The van der Waals surface area contributed by atoms with Gasteiger partial charge in [0.1, 0.15) is 16.3 Å². The zero-order chi connectivity index (χ0) is 12.3. The first-order chi connectivity index (χ1) is 7.35. The standard InChI is InChI=1S/C12H16BrNOS/c1-4-12(2,3)15-10-7-8(13)5-6-9(10)11(14)16/h5-7H,4H2,1-3H3,(H2,14,16). The van der Waals surface area contributed by atoms with Gasteiger partial charge in [-0.15, -0.1) is 0 Å². The number of hydrogen-bond donors (Lipinski definition) is 1. The topological polar surface area (TPSA) is 35.2 Å². The second-order valence-corrected chi connectivity index (χ2v) is 5.58. The van der Waals surface area contributed by atoms with E-state index in [0.717, 1.165) is 22.2 Å². The van der Waals surface area contributed by atoms with Crippen LogP contribution in [0.4, 0.5) is 0 Å². The molecule has 1 rings (SSSR count). The van der Waals surface area contributed by atoms with Crippen LogP contribution in [0.3, 0.4) is 0 Å². The van der Waals surface area contributed by atoms with E-state index in [4.69, 9.17) is 22.7 Å². The van der Waals surface area contributed by atoms with E-state index in [0.29, 0.717) is 4.99 Å². The Hall–Kier alpha value is -0.610. The highest BCUT2D eigenvalue weighted by Crippen LogP contribution is 2.28. The van der Waals surface area contributed by atoms with Crippen molar-refractivity contribution in [3.8, 4) is 5.75 Å². The maximum absolute atomic E-state index is 5.93. The third-order valence-corrected chi connectivity index (χ3v) is 3.16. The minimum atomic E-state index is -0.222. The van der Waals surface area contributed by atoms with E-state index in [1.165, 1.54) is 0 Å². The van der Waals surface area contributed by atoms with Crippen LogP contribution in [-0.4, -0.2) is 10.6 Å². The third-order valence-electron chi connectivity index (χ3n) is 2.45. The zero-order valence-electron chi connectivity index (χ0n) is 9.71. The van der Waals surface area contributed by atoms with Crippen LogP contribution >= 0.6 is 28.1 Å². The van der Waals surface area contributed by atoms with Crippen LogP contribution in [0.15, 0.2) is 22.7 Å². The summed E-state index contributed by atoms with van der Waals surface area (Å²) in [5.74, 6) is 0.730. The zero-order valence-corrected chi connectivity index (χ0v) is 12.1. The molecule has 0 aliphatic rings. The van der Waals surface area contributed by atoms with Gasteiger partial charge in [0, 0.05) is 4.47 Å². The molecule has 2 N–H and O–H groups in total. The smallest absolute Gasteiger partial charge is 0.131 e. The monoisotopic (exact) mass is 301 g/mol. The Balaban J connectivity index is 3.10. The van der Waals surface area contributed by atoms with Crippen molar-refractivity contribution in [3.05, 3.63) is 28.2 Å². The molecule has 0 aromatic heterocycles. The lowest BCUT2D eigenvalue weighted by atomic mass is 10.1. The van der Waals surface area contributed by atoms with Gasteiger partial charge in [0.15, 0.2) is 0 Å². The van der Waals surface area contributed by atoms with Crippen molar-refractivity contribution in [2.24, 2.45) is 5.73 Å². The van der Waals surface area contributed by atoms with Crippen LogP contribution in [0.25, 0.3) is 0 Å². The number of thiocarbonyl (C=S) groups is 1. The fourth-order valence-corrected chi connectivity index (χ4v) is 1.66. The van der Waals surface area contributed by atoms with E-state index in [2.05, 4.69) is 22.9 Å². The minimum Gasteiger partial charge on any atom is -0.487 e. The highest BCUT2D eigenvalue weighted by molar-refractivity contribution is 9.10.